The van der Waals surface area contributed by atoms with Crippen molar-refractivity contribution >= 4 is 0 Å². The number of aromatic nitrogens is 3. The van der Waals surface area contributed by atoms with Crippen LogP contribution in [-0.2, 0) is 0 Å². The van der Waals surface area contributed by atoms with Crippen molar-refractivity contribution in [2.45, 2.75) is 0 Å². The van der Waals surface area contributed by atoms with Crippen molar-refractivity contribution in [1.82, 2.24) is 15.0 Å². The molecule has 4 heteroatoms. The third kappa shape index (κ3) is 7.62. The van der Waals surface area contributed by atoms with Crippen LogP contribution in [0.15, 0.2) is 231 Å². The molecule has 288 valence electrons. The Bertz CT molecular complexity index is 2970. The Morgan fingerprint density at radius 2 is 0.557 bits per heavy atom. The van der Waals surface area contributed by atoms with E-state index in [2.05, 4.69) is 133 Å². The molecule has 0 aliphatic carbocycles. The van der Waals surface area contributed by atoms with Crippen molar-refractivity contribution < 1.29 is 5.11 Å². The van der Waals surface area contributed by atoms with E-state index < -0.39 is 0 Å². The van der Waals surface area contributed by atoms with E-state index in [4.69, 9.17) is 15.0 Å². The minimum atomic E-state index is 0.172. The van der Waals surface area contributed by atoms with E-state index >= 15 is 0 Å². The first-order valence-corrected chi connectivity index (χ1v) is 20.4. The van der Waals surface area contributed by atoms with Gasteiger partial charge in [-0.1, -0.05) is 176 Å². The third-order valence-electron chi connectivity index (χ3n) is 11.2. The lowest BCUT2D eigenvalue weighted by molar-refractivity contribution is 0.477. The van der Waals surface area contributed by atoms with Crippen LogP contribution in [0.25, 0.3) is 101 Å². The lowest BCUT2D eigenvalue weighted by Crippen LogP contribution is -1.93. The highest BCUT2D eigenvalue weighted by Gasteiger charge is 2.18. The molecule has 10 rings (SSSR count). The number of pyridine rings is 3. The van der Waals surface area contributed by atoms with E-state index in [1.165, 1.54) is 0 Å². The van der Waals surface area contributed by atoms with Crippen LogP contribution >= 0.6 is 0 Å². The molecular weight excluding hydrogens is 743 g/mol. The zero-order valence-corrected chi connectivity index (χ0v) is 33.2. The van der Waals surface area contributed by atoms with Gasteiger partial charge in [0.1, 0.15) is 5.75 Å². The van der Waals surface area contributed by atoms with Gasteiger partial charge >= 0.3 is 0 Å². The summed E-state index contributed by atoms with van der Waals surface area (Å²) in [5, 5.41) is 11.6. The monoisotopic (exact) mass is 781 g/mol. The SMILES string of the molecule is Oc1cc(-c2ccccc2)ncc1-c1ccccc1-c1cc(-c2ccccc2-c2ccc(-c3ccccc3)nc2)cc(-c2ccccc2-c2ccc(-c3ccccc3)nc2)c1. The molecule has 7 aromatic carbocycles. The van der Waals surface area contributed by atoms with Gasteiger partial charge in [-0.15, -0.1) is 0 Å². The number of benzene rings is 7. The van der Waals surface area contributed by atoms with Crippen LogP contribution in [0.4, 0.5) is 0 Å². The largest absolute Gasteiger partial charge is 0.507 e. The maximum Gasteiger partial charge on any atom is 0.127 e. The van der Waals surface area contributed by atoms with Crippen molar-refractivity contribution in [1.29, 1.82) is 0 Å². The molecule has 0 spiro atoms. The summed E-state index contributed by atoms with van der Waals surface area (Å²) in [6, 6.07) is 72.8. The predicted molar refractivity (Wildman–Crippen MR) is 250 cm³/mol. The second-order valence-electron chi connectivity index (χ2n) is 15.0. The van der Waals surface area contributed by atoms with E-state index in [-0.39, 0.29) is 5.75 Å². The third-order valence-corrected chi connectivity index (χ3v) is 11.2. The Balaban J connectivity index is 1.13. The lowest BCUT2D eigenvalue weighted by atomic mass is 9.86. The molecule has 3 aromatic heterocycles. The van der Waals surface area contributed by atoms with Crippen LogP contribution in [0, 0.1) is 0 Å². The standard InChI is InChI=1S/C57H39N3O/c61-57-35-56(41-20-8-3-9-21-41)60-38-53(57)52-27-15-14-26-51(52)46-33-44(49-24-12-10-22-47(49)42-28-30-54(58-36-42)39-16-4-1-5-17-39)32-45(34-46)50-25-13-11-23-48(50)43-29-31-55(59-37-43)40-18-6-2-7-19-40/h1-38H,(H,60,61). The van der Waals surface area contributed by atoms with Crippen molar-refractivity contribution in [3.8, 4) is 106 Å². The Labute approximate surface area is 355 Å². The van der Waals surface area contributed by atoms with E-state index in [1.54, 1.807) is 12.3 Å². The molecule has 0 bridgehead atoms. The van der Waals surface area contributed by atoms with Crippen molar-refractivity contribution in [2.75, 3.05) is 0 Å². The Hall–Kier alpha value is -8.21. The first-order valence-electron chi connectivity index (χ1n) is 20.4. The van der Waals surface area contributed by atoms with Crippen LogP contribution in [0.2, 0.25) is 0 Å². The van der Waals surface area contributed by atoms with Crippen LogP contribution in [0.5, 0.6) is 5.75 Å². The Morgan fingerprint density at radius 1 is 0.230 bits per heavy atom. The van der Waals surface area contributed by atoms with Gasteiger partial charge in [0.25, 0.3) is 0 Å². The summed E-state index contributed by atoms with van der Waals surface area (Å²) in [6.45, 7) is 0. The molecule has 0 saturated carbocycles. The number of nitrogens with zero attached hydrogens (tertiary/aromatic N) is 3. The number of hydrogen-bond donors (Lipinski definition) is 1. The minimum absolute atomic E-state index is 0.172. The Kier molecular flexibility index (Phi) is 10.1. The summed E-state index contributed by atoms with van der Waals surface area (Å²) < 4.78 is 0. The van der Waals surface area contributed by atoms with Gasteiger partial charge in [-0.05, 0) is 80.4 Å². The van der Waals surface area contributed by atoms with Gasteiger partial charge in [0.2, 0.25) is 0 Å². The van der Waals surface area contributed by atoms with E-state index in [9.17, 15) is 5.11 Å². The van der Waals surface area contributed by atoms with Crippen LogP contribution < -0.4 is 0 Å². The highest BCUT2D eigenvalue weighted by molar-refractivity contribution is 5.94. The van der Waals surface area contributed by atoms with Crippen LogP contribution in [0.1, 0.15) is 0 Å². The van der Waals surface area contributed by atoms with Gasteiger partial charge in [0.05, 0.1) is 17.1 Å². The van der Waals surface area contributed by atoms with Gasteiger partial charge in [-0.3, -0.25) is 15.0 Å². The maximum absolute atomic E-state index is 11.6. The molecule has 10 aromatic rings. The fourth-order valence-electron chi connectivity index (χ4n) is 8.12. The van der Waals surface area contributed by atoms with Gasteiger partial charge in [-0.2, -0.15) is 0 Å². The fourth-order valence-corrected chi connectivity index (χ4v) is 8.12. The Morgan fingerprint density at radius 3 is 0.934 bits per heavy atom. The van der Waals surface area contributed by atoms with Crippen molar-refractivity contribution in [3.05, 3.63) is 231 Å². The fraction of sp³-hybridized carbons (Fsp3) is 0. The summed E-state index contributed by atoms with van der Waals surface area (Å²) in [7, 11) is 0. The molecule has 0 aliphatic heterocycles. The summed E-state index contributed by atoms with van der Waals surface area (Å²) in [5.41, 5.74) is 17.7. The summed E-state index contributed by atoms with van der Waals surface area (Å²) in [6.07, 6.45) is 5.72. The average molecular weight is 782 g/mol. The number of rotatable bonds is 9. The van der Waals surface area contributed by atoms with E-state index in [0.29, 0.717) is 5.56 Å². The molecule has 0 atom stereocenters. The normalized spacial score (nSPS) is 11.0. The first-order chi connectivity index (χ1) is 30.2. The molecule has 0 aliphatic rings. The molecule has 61 heavy (non-hydrogen) atoms. The summed E-state index contributed by atoms with van der Waals surface area (Å²) in [4.78, 5) is 14.6. The maximum atomic E-state index is 11.6. The van der Waals surface area contributed by atoms with Crippen molar-refractivity contribution in [2.24, 2.45) is 0 Å². The zero-order valence-electron chi connectivity index (χ0n) is 33.2. The predicted octanol–water partition coefficient (Wildman–Crippen LogP) is 14.6. The topological polar surface area (TPSA) is 58.9 Å². The highest BCUT2D eigenvalue weighted by atomic mass is 16.3. The summed E-state index contributed by atoms with van der Waals surface area (Å²) >= 11 is 0. The molecular formula is C57H39N3O. The molecule has 0 unspecified atom stereocenters. The average Bonchev–Trinajstić information content (AvgIpc) is 3.35. The van der Waals surface area contributed by atoms with E-state index in [1.807, 2.05) is 85.2 Å². The zero-order chi connectivity index (χ0) is 41.0. The van der Waals surface area contributed by atoms with Crippen LogP contribution in [0.3, 0.4) is 0 Å². The van der Waals surface area contributed by atoms with Gasteiger partial charge in [0, 0.05) is 58.0 Å². The van der Waals surface area contributed by atoms with Crippen molar-refractivity contribution in [3.63, 3.8) is 0 Å². The molecule has 0 fully saturated rings. The second kappa shape index (κ2) is 16.6. The number of aromatic hydroxyl groups is 1. The number of hydrogen-bond acceptors (Lipinski definition) is 4. The molecule has 0 amide bonds. The second-order valence-corrected chi connectivity index (χ2v) is 15.0. The van der Waals surface area contributed by atoms with Gasteiger partial charge in [0.15, 0.2) is 0 Å². The van der Waals surface area contributed by atoms with E-state index in [0.717, 1.165) is 95.0 Å². The molecule has 0 radical (unpaired) electrons. The first kappa shape index (κ1) is 37.1. The van der Waals surface area contributed by atoms with Gasteiger partial charge < -0.3 is 5.11 Å². The smallest absolute Gasteiger partial charge is 0.127 e. The molecule has 4 nitrogen and oxygen atoms in total. The molecule has 3 heterocycles. The van der Waals surface area contributed by atoms with Gasteiger partial charge in [-0.25, -0.2) is 0 Å². The van der Waals surface area contributed by atoms with Crippen LogP contribution in [-0.4, -0.2) is 20.1 Å². The molecule has 0 saturated heterocycles. The highest BCUT2D eigenvalue weighted by Crippen LogP contribution is 2.43. The minimum Gasteiger partial charge on any atom is -0.507 e. The molecule has 1 N–H and O–H groups in total. The summed E-state index contributed by atoms with van der Waals surface area (Å²) in [5.74, 6) is 0.172. The quantitative estimate of drug-likeness (QED) is 0.158. The lowest BCUT2D eigenvalue weighted by Gasteiger charge is -2.18.